The van der Waals surface area contributed by atoms with Gasteiger partial charge in [-0.15, -0.1) is 0 Å². The van der Waals surface area contributed by atoms with E-state index in [1.165, 1.54) is 10.8 Å². The predicted molar refractivity (Wildman–Crippen MR) is 92.3 cm³/mol. The van der Waals surface area contributed by atoms with Gasteiger partial charge in [0.05, 0.1) is 12.6 Å². The number of hydrogen-bond acceptors (Lipinski definition) is 5. The van der Waals surface area contributed by atoms with E-state index in [9.17, 15) is 14.4 Å². The second-order valence-corrected chi connectivity index (χ2v) is 5.58. The maximum absolute atomic E-state index is 11.8. The van der Waals surface area contributed by atoms with Crippen molar-refractivity contribution >= 4 is 17.7 Å². The smallest absolute Gasteiger partial charge is 0.347 e. The highest BCUT2D eigenvalue weighted by molar-refractivity contribution is 5.91. The number of carbonyl (C=O) groups excluding carboxylic acids is 2. The molecular formula is C17H20N4O4. The number of carbonyl (C=O) groups is 2. The lowest BCUT2D eigenvalue weighted by Gasteiger charge is -2.11. The molecule has 0 atom stereocenters. The number of anilines is 1. The van der Waals surface area contributed by atoms with Crippen molar-refractivity contribution in [3.8, 4) is 0 Å². The molecule has 0 aliphatic carbocycles. The van der Waals surface area contributed by atoms with E-state index in [2.05, 4.69) is 15.6 Å². The molecule has 0 bridgehead atoms. The van der Waals surface area contributed by atoms with Crippen molar-refractivity contribution in [2.24, 2.45) is 0 Å². The lowest BCUT2D eigenvalue weighted by Crippen LogP contribution is -2.34. The minimum Gasteiger partial charge on any atom is -0.462 e. The van der Waals surface area contributed by atoms with Gasteiger partial charge in [-0.05, 0) is 37.6 Å². The number of nitrogens with one attached hydrogen (secondary N) is 2. The standard InChI is InChI=1S/C17H20N4O4/c1-12(2)25-15(22)10-19-16(23)20-14-6-3-5-13(9-14)11-21-8-4-7-18-17(21)24/h3-9,12H,10-11H2,1-2H3,(H2,19,20,23). The van der Waals surface area contributed by atoms with Crippen molar-refractivity contribution in [3.63, 3.8) is 0 Å². The molecule has 0 spiro atoms. The van der Waals surface area contributed by atoms with Crippen LogP contribution in [0.15, 0.2) is 47.5 Å². The van der Waals surface area contributed by atoms with Crippen LogP contribution in [0, 0.1) is 0 Å². The summed E-state index contributed by atoms with van der Waals surface area (Å²) in [6.45, 7) is 3.59. The minimum absolute atomic E-state index is 0.214. The number of benzene rings is 1. The zero-order valence-electron chi connectivity index (χ0n) is 14.1. The number of hydrogen-bond donors (Lipinski definition) is 2. The van der Waals surface area contributed by atoms with Crippen LogP contribution < -0.4 is 16.3 Å². The number of nitrogens with zero attached hydrogens (tertiary/aromatic N) is 2. The summed E-state index contributed by atoms with van der Waals surface area (Å²) >= 11 is 0. The van der Waals surface area contributed by atoms with Crippen LogP contribution >= 0.6 is 0 Å². The maximum atomic E-state index is 11.8. The zero-order valence-corrected chi connectivity index (χ0v) is 14.1. The van der Waals surface area contributed by atoms with E-state index >= 15 is 0 Å². The maximum Gasteiger partial charge on any atom is 0.347 e. The summed E-state index contributed by atoms with van der Waals surface area (Å²) in [6, 6.07) is 8.21. The number of ether oxygens (including phenoxy) is 1. The summed E-state index contributed by atoms with van der Waals surface area (Å²) in [5.74, 6) is -0.505. The van der Waals surface area contributed by atoms with E-state index in [0.29, 0.717) is 12.2 Å². The van der Waals surface area contributed by atoms with Gasteiger partial charge in [-0.2, -0.15) is 0 Å². The van der Waals surface area contributed by atoms with Gasteiger partial charge in [0.25, 0.3) is 0 Å². The van der Waals surface area contributed by atoms with Gasteiger partial charge in [-0.25, -0.2) is 14.6 Å². The molecule has 0 aliphatic rings. The fourth-order valence-electron chi connectivity index (χ4n) is 2.08. The van der Waals surface area contributed by atoms with Gasteiger partial charge >= 0.3 is 17.7 Å². The van der Waals surface area contributed by atoms with Crippen molar-refractivity contribution in [2.75, 3.05) is 11.9 Å². The summed E-state index contributed by atoms with van der Waals surface area (Å²) in [4.78, 5) is 38.6. The molecule has 2 N–H and O–H groups in total. The highest BCUT2D eigenvalue weighted by Gasteiger charge is 2.08. The van der Waals surface area contributed by atoms with Gasteiger partial charge in [0.1, 0.15) is 6.54 Å². The molecule has 2 amide bonds. The molecule has 0 aliphatic heterocycles. The van der Waals surface area contributed by atoms with E-state index in [1.54, 1.807) is 44.3 Å². The zero-order chi connectivity index (χ0) is 18.2. The van der Waals surface area contributed by atoms with E-state index in [1.807, 2.05) is 6.07 Å². The Morgan fingerprint density at radius 3 is 2.80 bits per heavy atom. The Morgan fingerprint density at radius 2 is 2.08 bits per heavy atom. The van der Waals surface area contributed by atoms with Gasteiger partial charge in [0, 0.05) is 18.1 Å². The molecule has 25 heavy (non-hydrogen) atoms. The number of urea groups is 1. The molecule has 0 saturated carbocycles. The Balaban J connectivity index is 1.93. The third-order valence-electron chi connectivity index (χ3n) is 3.08. The molecule has 1 aromatic carbocycles. The molecule has 0 saturated heterocycles. The third kappa shape index (κ3) is 6.09. The molecule has 8 nitrogen and oxygen atoms in total. The second-order valence-electron chi connectivity index (χ2n) is 5.58. The average Bonchev–Trinajstić information content (AvgIpc) is 2.55. The van der Waals surface area contributed by atoms with Crippen LogP contribution in [0.25, 0.3) is 0 Å². The molecule has 0 radical (unpaired) electrons. The van der Waals surface area contributed by atoms with Crippen LogP contribution in [0.5, 0.6) is 0 Å². The van der Waals surface area contributed by atoms with Crippen molar-refractivity contribution in [3.05, 3.63) is 58.8 Å². The molecule has 0 fully saturated rings. The summed E-state index contributed by atoms with van der Waals surface area (Å²) in [7, 11) is 0. The summed E-state index contributed by atoms with van der Waals surface area (Å²) < 4.78 is 6.39. The van der Waals surface area contributed by atoms with Crippen LogP contribution in [0.1, 0.15) is 19.4 Å². The highest BCUT2D eigenvalue weighted by atomic mass is 16.5. The van der Waals surface area contributed by atoms with Crippen molar-refractivity contribution in [1.82, 2.24) is 14.9 Å². The minimum atomic E-state index is -0.517. The van der Waals surface area contributed by atoms with Crippen LogP contribution in [-0.2, 0) is 16.1 Å². The average molecular weight is 344 g/mol. The molecule has 132 valence electrons. The first-order chi connectivity index (χ1) is 11.9. The molecule has 2 aromatic rings. The Kier molecular flexibility index (Phi) is 6.27. The Labute approximate surface area is 144 Å². The topological polar surface area (TPSA) is 102 Å². The fraction of sp³-hybridized carbons (Fsp3) is 0.294. The lowest BCUT2D eigenvalue weighted by molar-refractivity contribution is -0.146. The van der Waals surface area contributed by atoms with Crippen LogP contribution in [0.4, 0.5) is 10.5 Å². The third-order valence-corrected chi connectivity index (χ3v) is 3.08. The van der Waals surface area contributed by atoms with Gasteiger partial charge in [-0.3, -0.25) is 9.36 Å². The Bertz CT molecular complexity index is 801. The van der Waals surface area contributed by atoms with E-state index in [-0.39, 0.29) is 18.3 Å². The molecule has 1 aromatic heterocycles. The second kappa shape index (κ2) is 8.62. The number of aromatic nitrogens is 2. The first-order valence-electron chi connectivity index (χ1n) is 7.79. The molecule has 8 heteroatoms. The first-order valence-corrected chi connectivity index (χ1v) is 7.79. The monoisotopic (exact) mass is 344 g/mol. The molecule has 0 unspecified atom stereocenters. The van der Waals surface area contributed by atoms with Gasteiger partial charge in [0.15, 0.2) is 0 Å². The SMILES string of the molecule is CC(C)OC(=O)CNC(=O)Nc1cccc(Cn2cccnc2=O)c1. The number of esters is 1. The number of rotatable bonds is 6. The normalized spacial score (nSPS) is 10.4. The van der Waals surface area contributed by atoms with Crippen molar-refractivity contribution in [1.29, 1.82) is 0 Å². The molecular weight excluding hydrogens is 324 g/mol. The van der Waals surface area contributed by atoms with Gasteiger partial charge < -0.3 is 15.4 Å². The highest BCUT2D eigenvalue weighted by Crippen LogP contribution is 2.11. The molecule has 2 rings (SSSR count). The fourth-order valence-corrected chi connectivity index (χ4v) is 2.08. The van der Waals surface area contributed by atoms with Gasteiger partial charge in [-0.1, -0.05) is 12.1 Å². The van der Waals surface area contributed by atoms with Crippen molar-refractivity contribution < 1.29 is 14.3 Å². The lowest BCUT2D eigenvalue weighted by atomic mass is 10.2. The van der Waals surface area contributed by atoms with E-state index in [4.69, 9.17) is 4.74 Å². The quantitative estimate of drug-likeness (QED) is 0.771. The van der Waals surface area contributed by atoms with Crippen LogP contribution in [0.2, 0.25) is 0 Å². The van der Waals surface area contributed by atoms with Crippen molar-refractivity contribution in [2.45, 2.75) is 26.5 Å². The van der Waals surface area contributed by atoms with E-state index in [0.717, 1.165) is 5.56 Å². The summed E-state index contributed by atoms with van der Waals surface area (Å²) in [5, 5.41) is 5.06. The Hall–Kier alpha value is -3.16. The number of amides is 2. The first kappa shape index (κ1) is 18.2. The largest absolute Gasteiger partial charge is 0.462 e. The van der Waals surface area contributed by atoms with Gasteiger partial charge in [0.2, 0.25) is 0 Å². The van der Waals surface area contributed by atoms with E-state index < -0.39 is 12.0 Å². The summed E-state index contributed by atoms with van der Waals surface area (Å²) in [6.07, 6.45) is 2.85. The predicted octanol–water partition coefficient (Wildman–Crippen LogP) is 1.36. The Morgan fingerprint density at radius 1 is 1.28 bits per heavy atom. The molecule has 1 heterocycles. The van der Waals surface area contributed by atoms with Crippen LogP contribution in [-0.4, -0.2) is 34.2 Å². The van der Waals surface area contributed by atoms with Crippen LogP contribution in [0.3, 0.4) is 0 Å². The summed E-state index contributed by atoms with van der Waals surface area (Å²) in [5.41, 5.74) is 1.03.